The lowest BCUT2D eigenvalue weighted by Gasteiger charge is -2.12. The van der Waals surface area contributed by atoms with Crippen molar-refractivity contribution in [1.82, 2.24) is 0 Å². The van der Waals surface area contributed by atoms with E-state index < -0.39 is 6.10 Å². The molecule has 1 aliphatic rings. The normalized spacial score (nSPS) is 16.4. The molecule has 0 bridgehead atoms. The van der Waals surface area contributed by atoms with Crippen molar-refractivity contribution in [1.29, 1.82) is 0 Å². The molecule has 1 heterocycles. The number of amides is 1. The molecule has 4 nitrogen and oxygen atoms in total. The number of hydrogen-bond acceptors (Lipinski definition) is 3. The first-order chi connectivity index (χ1) is 9.63. The maximum absolute atomic E-state index is 12.1. The molecule has 0 fully saturated rings. The molecule has 2 aromatic rings. The third kappa shape index (κ3) is 2.42. The summed E-state index contributed by atoms with van der Waals surface area (Å²) in [6.45, 7) is 0. The second-order valence-corrected chi connectivity index (χ2v) is 5.01. The van der Waals surface area contributed by atoms with E-state index in [1.165, 1.54) is 6.07 Å². The second-order valence-electron chi connectivity index (χ2n) is 4.57. The Balaban J connectivity index is 1.73. The van der Waals surface area contributed by atoms with Gasteiger partial charge in [0, 0.05) is 11.4 Å². The predicted octanol–water partition coefficient (Wildman–Crippen LogP) is 2.99. The SMILES string of the molecule is O=C(Nc1ccccc1O)[C@H]1Cc2cc(Cl)ccc2O1. The molecule has 1 atom stereocenters. The van der Waals surface area contributed by atoms with Crippen molar-refractivity contribution in [2.75, 3.05) is 5.32 Å². The molecule has 0 aromatic heterocycles. The lowest BCUT2D eigenvalue weighted by atomic mass is 10.1. The predicted molar refractivity (Wildman–Crippen MR) is 76.3 cm³/mol. The van der Waals surface area contributed by atoms with Gasteiger partial charge in [-0.05, 0) is 35.9 Å². The van der Waals surface area contributed by atoms with E-state index in [2.05, 4.69) is 5.32 Å². The van der Waals surface area contributed by atoms with Crippen LogP contribution in [0.3, 0.4) is 0 Å². The highest BCUT2D eigenvalue weighted by Gasteiger charge is 2.29. The van der Waals surface area contributed by atoms with Crippen LogP contribution in [0.1, 0.15) is 5.56 Å². The number of rotatable bonds is 2. The number of carbonyl (C=O) groups excluding carboxylic acids is 1. The Labute approximate surface area is 120 Å². The Hall–Kier alpha value is -2.20. The Morgan fingerprint density at radius 1 is 1.30 bits per heavy atom. The number of benzene rings is 2. The third-order valence-electron chi connectivity index (χ3n) is 3.15. The van der Waals surface area contributed by atoms with Gasteiger partial charge in [-0.1, -0.05) is 23.7 Å². The molecular weight excluding hydrogens is 278 g/mol. The van der Waals surface area contributed by atoms with Gasteiger partial charge in [-0.3, -0.25) is 4.79 Å². The van der Waals surface area contributed by atoms with Crippen LogP contribution in [0.25, 0.3) is 0 Å². The molecule has 3 rings (SSSR count). The van der Waals surface area contributed by atoms with Gasteiger partial charge in [0.1, 0.15) is 11.5 Å². The molecule has 0 unspecified atom stereocenters. The monoisotopic (exact) mass is 289 g/mol. The summed E-state index contributed by atoms with van der Waals surface area (Å²) in [4.78, 5) is 12.1. The average molecular weight is 290 g/mol. The summed E-state index contributed by atoms with van der Waals surface area (Å²) in [5.41, 5.74) is 1.28. The fourth-order valence-corrected chi connectivity index (χ4v) is 2.35. The smallest absolute Gasteiger partial charge is 0.265 e. The molecule has 0 radical (unpaired) electrons. The van der Waals surface area contributed by atoms with Gasteiger partial charge < -0.3 is 15.2 Å². The Kier molecular flexibility index (Phi) is 3.24. The Morgan fingerprint density at radius 2 is 2.10 bits per heavy atom. The number of hydrogen-bond donors (Lipinski definition) is 2. The second kappa shape index (κ2) is 5.06. The molecule has 102 valence electrons. The van der Waals surface area contributed by atoms with Gasteiger partial charge in [-0.15, -0.1) is 0 Å². The van der Waals surface area contributed by atoms with Crippen LogP contribution in [0.5, 0.6) is 11.5 Å². The van der Waals surface area contributed by atoms with Gasteiger partial charge in [0.15, 0.2) is 6.10 Å². The van der Waals surface area contributed by atoms with E-state index in [9.17, 15) is 9.90 Å². The van der Waals surface area contributed by atoms with Crippen LogP contribution in [0, 0.1) is 0 Å². The number of nitrogens with one attached hydrogen (secondary N) is 1. The van der Waals surface area contributed by atoms with Gasteiger partial charge in [0.25, 0.3) is 5.91 Å². The van der Waals surface area contributed by atoms with E-state index in [-0.39, 0.29) is 11.7 Å². The lowest BCUT2D eigenvalue weighted by molar-refractivity contribution is -0.122. The molecule has 2 N–H and O–H groups in total. The maximum Gasteiger partial charge on any atom is 0.265 e. The number of halogens is 1. The molecule has 20 heavy (non-hydrogen) atoms. The van der Waals surface area contributed by atoms with Crippen molar-refractivity contribution in [2.45, 2.75) is 12.5 Å². The number of fused-ring (bicyclic) bond motifs is 1. The van der Waals surface area contributed by atoms with E-state index in [0.717, 1.165) is 5.56 Å². The van der Waals surface area contributed by atoms with Crippen LogP contribution in [-0.2, 0) is 11.2 Å². The zero-order chi connectivity index (χ0) is 14.1. The fourth-order valence-electron chi connectivity index (χ4n) is 2.16. The summed E-state index contributed by atoms with van der Waals surface area (Å²) in [6, 6.07) is 11.8. The summed E-state index contributed by atoms with van der Waals surface area (Å²) < 4.78 is 5.58. The number of ether oxygens (including phenoxy) is 1. The molecule has 0 saturated carbocycles. The number of phenolic OH excluding ortho intramolecular Hbond substituents is 1. The highest BCUT2D eigenvalue weighted by molar-refractivity contribution is 6.30. The number of anilines is 1. The van der Waals surface area contributed by atoms with E-state index in [4.69, 9.17) is 16.3 Å². The first-order valence-electron chi connectivity index (χ1n) is 6.17. The van der Waals surface area contributed by atoms with E-state index in [0.29, 0.717) is 22.9 Å². The third-order valence-corrected chi connectivity index (χ3v) is 3.39. The van der Waals surface area contributed by atoms with Crippen LogP contribution >= 0.6 is 11.6 Å². The first-order valence-corrected chi connectivity index (χ1v) is 6.55. The van der Waals surface area contributed by atoms with Crippen molar-refractivity contribution in [3.8, 4) is 11.5 Å². The highest BCUT2D eigenvalue weighted by Crippen LogP contribution is 2.32. The molecule has 0 saturated heterocycles. The molecule has 2 aromatic carbocycles. The molecule has 0 spiro atoms. The first kappa shape index (κ1) is 12.8. The number of para-hydroxylation sites is 2. The minimum absolute atomic E-state index is 0.0272. The maximum atomic E-state index is 12.1. The fraction of sp³-hybridized carbons (Fsp3) is 0.133. The van der Waals surface area contributed by atoms with Crippen molar-refractivity contribution in [2.24, 2.45) is 0 Å². The van der Waals surface area contributed by atoms with Gasteiger partial charge in [0.2, 0.25) is 0 Å². The van der Waals surface area contributed by atoms with Crippen molar-refractivity contribution in [3.05, 3.63) is 53.1 Å². The quantitative estimate of drug-likeness (QED) is 0.836. The van der Waals surface area contributed by atoms with Gasteiger partial charge in [0.05, 0.1) is 5.69 Å². The molecule has 5 heteroatoms. The minimum atomic E-state index is -0.608. The summed E-state index contributed by atoms with van der Waals surface area (Å²) in [5, 5.41) is 12.9. The standard InChI is InChI=1S/C15H12ClNO3/c16-10-5-6-13-9(7-10)8-14(20-13)15(19)17-11-3-1-2-4-12(11)18/h1-7,14,18H,8H2,(H,17,19)/t14-/m1/s1. The van der Waals surface area contributed by atoms with Crippen LogP contribution in [0.15, 0.2) is 42.5 Å². The van der Waals surface area contributed by atoms with Gasteiger partial charge >= 0.3 is 0 Å². The van der Waals surface area contributed by atoms with E-state index in [1.54, 1.807) is 36.4 Å². The van der Waals surface area contributed by atoms with E-state index in [1.807, 2.05) is 0 Å². The number of aromatic hydroxyl groups is 1. The number of phenols is 1. The largest absolute Gasteiger partial charge is 0.506 e. The minimum Gasteiger partial charge on any atom is -0.506 e. The number of carbonyl (C=O) groups is 1. The summed E-state index contributed by atoms with van der Waals surface area (Å²) in [6.07, 6.45) is -0.141. The molecule has 0 aliphatic carbocycles. The Morgan fingerprint density at radius 3 is 2.90 bits per heavy atom. The highest BCUT2D eigenvalue weighted by atomic mass is 35.5. The zero-order valence-electron chi connectivity index (χ0n) is 10.5. The topological polar surface area (TPSA) is 58.6 Å². The van der Waals surface area contributed by atoms with Crippen LogP contribution in [0.4, 0.5) is 5.69 Å². The summed E-state index contributed by atoms with van der Waals surface area (Å²) in [5.74, 6) is 0.407. The zero-order valence-corrected chi connectivity index (χ0v) is 11.2. The van der Waals surface area contributed by atoms with Crippen molar-refractivity contribution in [3.63, 3.8) is 0 Å². The van der Waals surface area contributed by atoms with E-state index >= 15 is 0 Å². The average Bonchev–Trinajstić information content (AvgIpc) is 2.84. The lowest BCUT2D eigenvalue weighted by Crippen LogP contribution is -2.31. The van der Waals surface area contributed by atoms with Crippen molar-refractivity contribution >= 4 is 23.2 Å². The van der Waals surface area contributed by atoms with Crippen LogP contribution in [-0.4, -0.2) is 17.1 Å². The summed E-state index contributed by atoms with van der Waals surface area (Å²) in [7, 11) is 0. The van der Waals surface area contributed by atoms with Crippen LogP contribution in [0.2, 0.25) is 5.02 Å². The van der Waals surface area contributed by atoms with Gasteiger partial charge in [-0.2, -0.15) is 0 Å². The van der Waals surface area contributed by atoms with Gasteiger partial charge in [-0.25, -0.2) is 0 Å². The molecule has 1 aliphatic heterocycles. The summed E-state index contributed by atoms with van der Waals surface area (Å²) >= 11 is 5.91. The van der Waals surface area contributed by atoms with Crippen molar-refractivity contribution < 1.29 is 14.6 Å². The molecule has 1 amide bonds. The molecular formula is C15H12ClNO3. The Bertz CT molecular complexity index is 672. The van der Waals surface area contributed by atoms with Crippen LogP contribution < -0.4 is 10.1 Å².